The van der Waals surface area contributed by atoms with Crippen molar-refractivity contribution < 1.29 is 36.6 Å². The van der Waals surface area contributed by atoms with Gasteiger partial charge in [-0.3, -0.25) is 9.36 Å². The number of carbonyl (C=O) groups excluding carboxylic acids is 2. The molecule has 0 aliphatic carbocycles. The van der Waals surface area contributed by atoms with Crippen LogP contribution in [0, 0.1) is 5.92 Å². The molecule has 0 spiro atoms. The molecule has 10 nitrogen and oxygen atoms in total. The number of hydrogen-bond acceptors (Lipinski definition) is 8. The maximum Gasteiger partial charge on any atom is 0.407 e. The molecule has 46 heavy (non-hydrogen) atoms. The van der Waals surface area contributed by atoms with Crippen molar-refractivity contribution in [3.8, 4) is 0 Å². The third kappa shape index (κ3) is 14.0. The number of benzene rings is 2. The van der Waals surface area contributed by atoms with Gasteiger partial charge in [-0.2, -0.15) is 0 Å². The van der Waals surface area contributed by atoms with Gasteiger partial charge >= 0.3 is 12.1 Å². The summed E-state index contributed by atoms with van der Waals surface area (Å²) in [5.41, 5.74) is 0.721. The lowest BCUT2D eigenvalue weighted by atomic mass is 9.98. The molecule has 1 amide bonds. The van der Waals surface area contributed by atoms with Crippen LogP contribution in [-0.2, 0) is 46.3 Å². The minimum atomic E-state index is -3.86. The number of aryl methyl sites for hydroxylation is 1. The molecule has 0 bridgehead atoms. The van der Waals surface area contributed by atoms with Crippen molar-refractivity contribution in [1.29, 1.82) is 0 Å². The van der Waals surface area contributed by atoms with E-state index in [0.717, 1.165) is 5.56 Å². The second-order valence-electron chi connectivity index (χ2n) is 13.7. The SMILES string of the molecule is CCOP(=O)(CC(C(=O)OC(C)(C)C)c1cccc(CNC(=O)OC(C)(C)C)c1)C(NS(=O)(=O)CCCc1ccccc1)C(C)C. The fourth-order valence-electron chi connectivity index (χ4n) is 4.84. The van der Waals surface area contributed by atoms with E-state index in [4.69, 9.17) is 14.0 Å². The minimum Gasteiger partial charge on any atom is -0.459 e. The fraction of sp³-hybridized carbons (Fsp3) is 0.588. The molecule has 2 aromatic rings. The average Bonchev–Trinajstić information content (AvgIpc) is 2.92. The molecule has 0 saturated heterocycles. The van der Waals surface area contributed by atoms with Gasteiger partial charge in [-0.1, -0.05) is 68.4 Å². The fourth-order valence-corrected chi connectivity index (χ4v) is 9.96. The Labute approximate surface area is 275 Å². The summed E-state index contributed by atoms with van der Waals surface area (Å²) in [6.45, 7) is 15.9. The third-order valence-electron chi connectivity index (χ3n) is 6.74. The second-order valence-corrected chi connectivity index (χ2v) is 18.2. The number of carbonyl (C=O) groups is 2. The van der Waals surface area contributed by atoms with E-state index in [-0.39, 0.29) is 25.1 Å². The number of amides is 1. The molecule has 2 N–H and O–H groups in total. The Balaban J connectivity index is 2.39. The van der Waals surface area contributed by atoms with E-state index >= 15 is 0 Å². The van der Waals surface area contributed by atoms with Gasteiger partial charge in [0, 0.05) is 12.7 Å². The van der Waals surface area contributed by atoms with Crippen LogP contribution in [0.3, 0.4) is 0 Å². The Morgan fingerprint density at radius 1 is 0.891 bits per heavy atom. The summed E-state index contributed by atoms with van der Waals surface area (Å²) in [6.07, 6.45) is 0.0945. The largest absolute Gasteiger partial charge is 0.459 e. The molecule has 3 unspecified atom stereocenters. The first kappa shape index (κ1) is 39.5. The highest BCUT2D eigenvalue weighted by Gasteiger charge is 2.43. The van der Waals surface area contributed by atoms with Crippen LogP contribution in [0.2, 0.25) is 0 Å². The third-order valence-corrected chi connectivity index (χ3v) is 11.5. The van der Waals surface area contributed by atoms with Gasteiger partial charge in [0.15, 0.2) is 0 Å². The van der Waals surface area contributed by atoms with Crippen LogP contribution < -0.4 is 10.0 Å². The van der Waals surface area contributed by atoms with Crippen LogP contribution in [0.4, 0.5) is 4.79 Å². The molecule has 0 radical (unpaired) electrons. The average molecular weight is 681 g/mol. The number of nitrogens with one attached hydrogen (secondary N) is 2. The van der Waals surface area contributed by atoms with Crippen molar-refractivity contribution in [1.82, 2.24) is 10.0 Å². The maximum absolute atomic E-state index is 14.8. The highest BCUT2D eigenvalue weighted by atomic mass is 32.2. The molecule has 0 fully saturated rings. The number of esters is 1. The number of ether oxygens (including phenoxy) is 2. The van der Waals surface area contributed by atoms with Gasteiger partial charge in [0.25, 0.3) is 0 Å². The van der Waals surface area contributed by atoms with Gasteiger partial charge < -0.3 is 19.3 Å². The highest BCUT2D eigenvalue weighted by molar-refractivity contribution is 7.89. The van der Waals surface area contributed by atoms with Crippen LogP contribution in [0.25, 0.3) is 0 Å². The first-order valence-corrected chi connectivity index (χ1v) is 19.3. The molecule has 0 aromatic heterocycles. The summed E-state index contributed by atoms with van der Waals surface area (Å²) >= 11 is 0. The molecule has 0 aliphatic heterocycles. The summed E-state index contributed by atoms with van der Waals surface area (Å²) in [5.74, 6) is -3.29. The predicted octanol–water partition coefficient (Wildman–Crippen LogP) is 6.99. The Morgan fingerprint density at radius 2 is 1.50 bits per heavy atom. The molecule has 2 aromatic carbocycles. The number of alkyl carbamates (subject to hydrolysis) is 1. The van der Waals surface area contributed by atoms with Gasteiger partial charge in [0.2, 0.25) is 17.4 Å². The Morgan fingerprint density at radius 3 is 2.07 bits per heavy atom. The van der Waals surface area contributed by atoms with E-state index < -0.39 is 58.3 Å². The summed E-state index contributed by atoms with van der Waals surface area (Å²) in [4.78, 5) is 26.0. The number of hydrogen-bond donors (Lipinski definition) is 2. The van der Waals surface area contributed by atoms with E-state index in [9.17, 15) is 22.6 Å². The molecular weight excluding hydrogens is 627 g/mol. The standard InChI is InChI=1S/C34H53N2O8PS/c1-10-42-45(39,30(25(2)3)36-46(40,41)21-15-19-26-16-12-11-13-17-26)24-29(31(37)43-33(4,5)6)28-20-14-18-27(22-28)23-35-32(38)44-34(7,8)9/h11-14,16-18,20,22,25,29-30,36H,10,15,19,21,23-24H2,1-9H3,(H,35,38). The molecule has 0 saturated carbocycles. The summed E-state index contributed by atoms with van der Waals surface area (Å²) in [6, 6.07) is 16.6. The summed E-state index contributed by atoms with van der Waals surface area (Å²) in [7, 11) is -7.72. The molecule has 3 atom stereocenters. The van der Waals surface area contributed by atoms with Gasteiger partial charge in [-0.25, -0.2) is 17.9 Å². The van der Waals surface area contributed by atoms with Crippen molar-refractivity contribution in [2.75, 3.05) is 18.5 Å². The Kier molecular flexibility index (Phi) is 14.5. The molecule has 12 heteroatoms. The van der Waals surface area contributed by atoms with Crippen molar-refractivity contribution >= 4 is 29.5 Å². The summed E-state index contributed by atoms with van der Waals surface area (Å²) < 4.78 is 61.1. The van der Waals surface area contributed by atoms with Crippen LogP contribution >= 0.6 is 7.37 Å². The zero-order valence-corrected chi connectivity index (χ0v) is 30.5. The lowest BCUT2D eigenvalue weighted by Crippen LogP contribution is -2.41. The number of rotatable bonds is 16. The second kappa shape index (κ2) is 16.9. The topological polar surface area (TPSA) is 137 Å². The van der Waals surface area contributed by atoms with Crippen molar-refractivity contribution in [3.63, 3.8) is 0 Å². The van der Waals surface area contributed by atoms with Crippen LogP contribution in [0.5, 0.6) is 0 Å². The van der Waals surface area contributed by atoms with Crippen LogP contribution in [-0.4, -0.2) is 56.0 Å². The van der Waals surface area contributed by atoms with Crippen molar-refractivity contribution in [3.05, 3.63) is 71.3 Å². The monoisotopic (exact) mass is 680 g/mol. The van der Waals surface area contributed by atoms with E-state index in [1.54, 1.807) is 86.6 Å². The van der Waals surface area contributed by atoms with Gasteiger partial charge in [-0.15, -0.1) is 0 Å². The van der Waals surface area contributed by atoms with E-state index in [1.807, 2.05) is 30.3 Å². The molecule has 0 aliphatic rings. The van der Waals surface area contributed by atoms with Gasteiger partial charge in [-0.05, 0) is 83.9 Å². The van der Waals surface area contributed by atoms with Gasteiger partial charge in [0.1, 0.15) is 17.0 Å². The van der Waals surface area contributed by atoms with Crippen molar-refractivity contribution in [2.24, 2.45) is 5.92 Å². The molecule has 2 rings (SSSR count). The Bertz CT molecular complexity index is 1430. The van der Waals surface area contributed by atoms with Crippen LogP contribution in [0.1, 0.15) is 91.3 Å². The zero-order valence-electron chi connectivity index (χ0n) is 28.8. The maximum atomic E-state index is 14.8. The van der Waals surface area contributed by atoms with E-state index in [0.29, 0.717) is 24.0 Å². The minimum absolute atomic E-state index is 0.0527. The normalized spacial score (nSPS) is 15.1. The molecule has 0 heterocycles. The predicted molar refractivity (Wildman–Crippen MR) is 183 cm³/mol. The number of sulfonamides is 1. The lowest BCUT2D eigenvalue weighted by molar-refractivity contribution is -0.156. The summed E-state index contributed by atoms with van der Waals surface area (Å²) in [5, 5.41) is 2.71. The lowest BCUT2D eigenvalue weighted by Gasteiger charge is -2.33. The van der Waals surface area contributed by atoms with E-state index in [2.05, 4.69) is 10.0 Å². The first-order chi connectivity index (χ1) is 21.2. The first-order valence-electron chi connectivity index (χ1n) is 15.8. The molecule has 258 valence electrons. The Hall–Kier alpha value is -2.72. The highest BCUT2D eigenvalue weighted by Crippen LogP contribution is 2.56. The van der Waals surface area contributed by atoms with E-state index in [1.165, 1.54) is 0 Å². The van der Waals surface area contributed by atoms with Crippen LogP contribution in [0.15, 0.2) is 54.6 Å². The van der Waals surface area contributed by atoms with Gasteiger partial charge in [0.05, 0.1) is 18.3 Å². The quantitative estimate of drug-likeness (QED) is 0.143. The zero-order chi connectivity index (χ0) is 34.8. The molecular formula is C34H53N2O8PS. The smallest absolute Gasteiger partial charge is 0.407 e. The van der Waals surface area contributed by atoms with Crippen molar-refractivity contribution in [2.45, 2.75) is 105 Å².